The maximum atomic E-state index is 13.2. The van der Waals surface area contributed by atoms with Crippen LogP contribution >= 0.6 is 15.9 Å². The van der Waals surface area contributed by atoms with Gasteiger partial charge in [-0.1, -0.05) is 35.0 Å². The molecule has 2 rings (SSSR count). The van der Waals surface area contributed by atoms with Crippen LogP contribution in [-0.2, 0) is 12.8 Å². The smallest absolute Gasteiger partial charge is 0.124 e. The zero-order valence-electron chi connectivity index (χ0n) is 11.7. The van der Waals surface area contributed by atoms with Gasteiger partial charge < -0.3 is 5.32 Å². The van der Waals surface area contributed by atoms with E-state index in [2.05, 4.69) is 39.2 Å². The topological polar surface area (TPSA) is 24.9 Å². The third kappa shape index (κ3) is 3.44. The van der Waals surface area contributed by atoms with Gasteiger partial charge in [-0.15, -0.1) is 0 Å². The minimum absolute atomic E-state index is 0.118. The van der Waals surface area contributed by atoms with E-state index in [-0.39, 0.29) is 11.9 Å². The second-order valence-corrected chi connectivity index (χ2v) is 5.54. The highest BCUT2D eigenvalue weighted by atomic mass is 79.9. The van der Waals surface area contributed by atoms with Crippen molar-refractivity contribution < 1.29 is 4.39 Å². The molecule has 0 bridgehead atoms. The molecule has 0 aliphatic carbocycles. The summed E-state index contributed by atoms with van der Waals surface area (Å²) in [7, 11) is 1.93. The Hall–Kier alpha value is -1.26. The Morgan fingerprint density at radius 3 is 2.75 bits per heavy atom. The fourth-order valence-electron chi connectivity index (χ4n) is 2.31. The normalized spacial score (nSPS) is 12.4. The zero-order valence-corrected chi connectivity index (χ0v) is 13.2. The van der Waals surface area contributed by atoms with Gasteiger partial charge in [-0.05, 0) is 49.2 Å². The average Bonchev–Trinajstić information content (AvgIpc) is 2.46. The Balaban J connectivity index is 2.29. The Morgan fingerprint density at radius 1 is 1.30 bits per heavy atom. The summed E-state index contributed by atoms with van der Waals surface area (Å²) in [6.07, 6.45) is 3.53. The third-order valence-electron chi connectivity index (χ3n) is 3.42. The quantitative estimate of drug-likeness (QED) is 0.890. The van der Waals surface area contributed by atoms with Gasteiger partial charge in [0.15, 0.2) is 0 Å². The standard InChI is InChI=1S/C16H18BrFN2/c1-3-11-5-4-8-20-16(11)15(19-2)9-12-6-7-13(18)10-14(12)17/h4-8,10,15,19H,3,9H2,1-2H3. The summed E-state index contributed by atoms with van der Waals surface area (Å²) in [4.78, 5) is 4.51. The predicted molar refractivity (Wildman–Crippen MR) is 83.2 cm³/mol. The van der Waals surface area contributed by atoms with Crippen molar-refractivity contribution in [3.05, 3.63) is 63.6 Å². The van der Waals surface area contributed by atoms with Gasteiger partial charge in [0.2, 0.25) is 0 Å². The fourth-order valence-corrected chi connectivity index (χ4v) is 2.82. The third-order valence-corrected chi connectivity index (χ3v) is 4.16. The molecule has 0 saturated heterocycles. The Morgan fingerprint density at radius 2 is 2.10 bits per heavy atom. The molecule has 1 heterocycles. The van der Waals surface area contributed by atoms with Crippen molar-refractivity contribution in [1.82, 2.24) is 10.3 Å². The van der Waals surface area contributed by atoms with Crippen LogP contribution in [0.4, 0.5) is 4.39 Å². The number of pyridine rings is 1. The fraction of sp³-hybridized carbons (Fsp3) is 0.312. The second-order valence-electron chi connectivity index (χ2n) is 4.68. The van der Waals surface area contributed by atoms with E-state index in [1.807, 2.05) is 25.4 Å². The van der Waals surface area contributed by atoms with Gasteiger partial charge in [0, 0.05) is 10.7 Å². The van der Waals surface area contributed by atoms with Crippen LogP contribution in [0, 0.1) is 5.82 Å². The van der Waals surface area contributed by atoms with E-state index in [4.69, 9.17) is 0 Å². The number of hydrogen-bond acceptors (Lipinski definition) is 2. The van der Waals surface area contributed by atoms with Crippen molar-refractivity contribution in [2.45, 2.75) is 25.8 Å². The van der Waals surface area contributed by atoms with Crippen molar-refractivity contribution in [1.29, 1.82) is 0 Å². The molecule has 1 aromatic heterocycles. The lowest BCUT2D eigenvalue weighted by atomic mass is 9.98. The lowest BCUT2D eigenvalue weighted by molar-refractivity contribution is 0.567. The number of nitrogens with zero attached hydrogens (tertiary/aromatic N) is 1. The molecule has 0 fully saturated rings. The molecule has 1 atom stereocenters. The van der Waals surface area contributed by atoms with Crippen molar-refractivity contribution >= 4 is 15.9 Å². The molecule has 106 valence electrons. The Bertz CT molecular complexity index is 586. The first-order chi connectivity index (χ1) is 9.65. The first kappa shape index (κ1) is 15.1. The first-order valence-electron chi connectivity index (χ1n) is 6.70. The Labute approximate surface area is 127 Å². The van der Waals surface area contributed by atoms with Gasteiger partial charge in [-0.25, -0.2) is 4.39 Å². The molecule has 20 heavy (non-hydrogen) atoms. The maximum Gasteiger partial charge on any atom is 0.124 e. The summed E-state index contributed by atoms with van der Waals surface area (Å²) in [5.74, 6) is -0.228. The number of halogens is 2. The van der Waals surface area contributed by atoms with Crippen LogP contribution in [0.15, 0.2) is 41.0 Å². The molecule has 0 radical (unpaired) electrons. The van der Waals surface area contributed by atoms with E-state index in [1.165, 1.54) is 17.7 Å². The predicted octanol–water partition coefficient (Wildman–Crippen LogP) is 4.05. The molecule has 2 aromatic rings. The summed E-state index contributed by atoms with van der Waals surface area (Å²) in [5.41, 5.74) is 3.37. The molecule has 0 aliphatic rings. The number of nitrogens with one attached hydrogen (secondary N) is 1. The SMILES string of the molecule is CCc1cccnc1C(Cc1ccc(F)cc1Br)NC. The van der Waals surface area contributed by atoms with Gasteiger partial charge >= 0.3 is 0 Å². The van der Waals surface area contributed by atoms with Crippen molar-refractivity contribution in [2.24, 2.45) is 0 Å². The molecule has 1 unspecified atom stereocenters. The van der Waals surface area contributed by atoms with Crippen LogP contribution < -0.4 is 5.32 Å². The molecule has 0 amide bonds. The summed E-state index contributed by atoms with van der Waals surface area (Å²) in [6, 6.07) is 8.99. The number of rotatable bonds is 5. The highest BCUT2D eigenvalue weighted by Crippen LogP contribution is 2.25. The van der Waals surface area contributed by atoms with Crippen LogP contribution in [0.1, 0.15) is 29.8 Å². The van der Waals surface area contributed by atoms with Crippen LogP contribution in [0.25, 0.3) is 0 Å². The number of benzene rings is 1. The lowest BCUT2D eigenvalue weighted by Gasteiger charge is -2.19. The van der Waals surface area contributed by atoms with Gasteiger partial charge in [0.25, 0.3) is 0 Å². The Kier molecular flexibility index (Phi) is 5.26. The van der Waals surface area contributed by atoms with Crippen molar-refractivity contribution in [3.8, 4) is 0 Å². The molecule has 1 aromatic carbocycles. The molecule has 0 aliphatic heterocycles. The average molecular weight is 337 g/mol. The molecule has 0 spiro atoms. The summed E-state index contributed by atoms with van der Waals surface area (Å²) in [6.45, 7) is 2.13. The highest BCUT2D eigenvalue weighted by molar-refractivity contribution is 9.10. The lowest BCUT2D eigenvalue weighted by Crippen LogP contribution is -2.21. The van der Waals surface area contributed by atoms with Gasteiger partial charge in [0.1, 0.15) is 5.82 Å². The van der Waals surface area contributed by atoms with Crippen LogP contribution in [-0.4, -0.2) is 12.0 Å². The van der Waals surface area contributed by atoms with Crippen LogP contribution in [0.5, 0.6) is 0 Å². The van der Waals surface area contributed by atoms with E-state index in [9.17, 15) is 4.39 Å². The molecule has 0 saturated carbocycles. The largest absolute Gasteiger partial charge is 0.311 e. The van der Waals surface area contributed by atoms with Gasteiger partial charge in [-0.3, -0.25) is 4.98 Å². The van der Waals surface area contributed by atoms with E-state index >= 15 is 0 Å². The number of hydrogen-bond donors (Lipinski definition) is 1. The van der Waals surface area contributed by atoms with E-state index < -0.39 is 0 Å². The molecule has 4 heteroatoms. The molecular formula is C16H18BrFN2. The number of aromatic nitrogens is 1. The zero-order chi connectivity index (χ0) is 14.5. The van der Waals surface area contributed by atoms with Crippen LogP contribution in [0.3, 0.4) is 0 Å². The molecule has 2 nitrogen and oxygen atoms in total. The van der Waals surface area contributed by atoms with Crippen molar-refractivity contribution in [2.75, 3.05) is 7.05 Å². The van der Waals surface area contributed by atoms with Crippen molar-refractivity contribution in [3.63, 3.8) is 0 Å². The number of aryl methyl sites for hydroxylation is 1. The second kappa shape index (κ2) is 6.95. The summed E-state index contributed by atoms with van der Waals surface area (Å²) >= 11 is 3.42. The van der Waals surface area contributed by atoms with Crippen LogP contribution in [0.2, 0.25) is 0 Å². The van der Waals surface area contributed by atoms with E-state index in [1.54, 1.807) is 0 Å². The minimum atomic E-state index is -0.228. The van der Waals surface area contributed by atoms with E-state index in [0.717, 1.165) is 28.6 Å². The van der Waals surface area contributed by atoms with Gasteiger partial charge in [0.05, 0.1) is 11.7 Å². The monoisotopic (exact) mass is 336 g/mol. The molecular weight excluding hydrogens is 319 g/mol. The van der Waals surface area contributed by atoms with Gasteiger partial charge in [-0.2, -0.15) is 0 Å². The van der Waals surface area contributed by atoms with E-state index in [0.29, 0.717) is 0 Å². The first-order valence-corrected chi connectivity index (χ1v) is 7.50. The summed E-state index contributed by atoms with van der Waals surface area (Å²) in [5, 5.41) is 3.31. The number of likely N-dealkylation sites (N-methyl/N-ethyl adjacent to an activating group) is 1. The maximum absolute atomic E-state index is 13.2. The highest BCUT2D eigenvalue weighted by Gasteiger charge is 2.16. The molecule has 1 N–H and O–H groups in total. The minimum Gasteiger partial charge on any atom is -0.311 e. The summed E-state index contributed by atoms with van der Waals surface area (Å²) < 4.78 is 13.9.